The van der Waals surface area contributed by atoms with Gasteiger partial charge in [0.1, 0.15) is 11.5 Å². The molecule has 0 aromatic heterocycles. The maximum Gasteiger partial charge on any atom is 0.264 e. The number of benzene rings is 2. The van der Waals surface area contributed by atoms with E-state index in [1.165, 1.54) is 61.0 Å². The van der Waals surface area contributed by atoms with E-state index in [1.807, 2.05) is 0 Å². The third-order valence-electron chi connectivity index (χ3n) is 3.42. The van der Waals surface area contributed by atoms with Crippen LogP contribution in [0.4, 0.5) is 5.69 Å². The molecule has 0 fully saturated rings. The normalized spacial score (nSPS) is 11.0. The summed E-state index contributed by atoms with van der Waals surface area (Å²) in [5.41, 5.74) is 0.290. The Kier molecular flexibility index (Phi) is 6.21. The first-order chi connectivity index (χ1) is 11.8. The summed E-state index contributed by atoms with van der Waals surface area (Å²) in [7, 11) is -0.998. The average Bonchev–Trinajstić information content (AvgIpc) is 2.60. The highest BCUT2D eigenvalue weighted by atomic mass is 35.5. The molecule has 5 nitrogen and oxygen atoms in total. The van der Waals surface area contributed by atoms with E-state index in [9.17, 15) is 8.42 Å². The monoisotopic (exact) mass is 401 g/mol. The van der Waals surface area contributed by atoms with Crippen LogP contribution in [0, 0.1) is 0 Å². The van der Waals surface area contributed by atoms with Gasteiger partial charge in [-0.2, -0.15) is 0 Å². The molecule has 0 aliphatic rings. The molecule has 0 spiro atoms. The molecule has 0 unspecified atom stereocenters. The number of halogens is 2. The van der Waals surface area contributed by atoms with Crippen molar-refractivity contribution in [2.45, 2.75) is 4.90 Å². The zero-order valence-electron chi connectivity index (χ0n) is 13.7. The van der Waals surface area contributed by atoms with E-state index < -0.39 is 10.0 Å². The Balaban J connectivity index is 2.65. The fourth-order valence-electron chi connectivity index (χ4n) is 2.22. The van der Waals surface area contributed by atoms with Gasteiger partial charge in [-0.25, -0.2) is 8.42 Å². The van der Waals surface area contributed by atoms with Crippen molar-refractivity contribution in [2.75, 3.05) is 25.1 Å². The Morgan fingerprint density at radius 2 is 1.68 bits per heavy atom. The highest BCUT2D eigenvalue weighted by Crippen LogP contribution is 2.40. The first-order valence-corrected chi connectivity index (χ1v) is 9.35. The van der Waals surface area contributed by atoms with E-state index in [0.29, 0.717) is 27.2 Å². The highest BCUT2D eigenvalue weighted by Gasteiger charge is 2.27. The highest BCUT2D eigenvalue weighted by molar-refractivity contribution is 7.92. The molecular formula is C17H17Cl2NO4S. The summed E-state index contributed by atoms with van der Waals surface area (Å²) in [6.45, 7) is 3.67. The van der Waals surface area contributed by atoms with Gasteiger partial charge >= 0.3 is 0 Å². The molecule has 2 aromatic carbocycles. The minimum Gasteiger partial charge on any atom is -0.495 e. The van der Waals surface area contributed by atoms with Crippen molar-refractivity contribution < 1.29 is 17.9 Å². The van der Waals surface area contributed by atoms with Gasteiger partial charge in [-0.05, 0) is 24.3 Å². The van der Waals surface area contributed by atoms with E-state index in [4.69, 9.17) is 32.7 Å². The van der Waals surface area contributed by atoms with Crippen LogP contribution in [-0.4, -0.2) is 29.2 Å². The predicted molar refractivity (Wildman–Crippen MR) is 101 cm³/mol. The second kappa shape index (κ2) is 7.99. The van der Waals surface area contributed by atoms with Gasteiger partial charge in [-0.3, -0.25) is 4.31 Å². The van der Waals surface area contributed by atoms with Crippen molar-refractivity contribution in [3.63, 3.8) is 0 Å². The van der Waals surface area contributed by atoms with Gasteiger partial charge < -0.3 is 9.47 Å². The van der Waals surface area contributed by atoms with E-state index in [2.05, 4.69) is 6.58 Å². The second-order valence-corrected chi connectivity index (χ2v) is 7.64. The maximum atomic E-state index is 13.1. The molecule has 134 valence electrons. The first kappa shape index (κ1) is 19.4. The number of ether oxygens (including phenoxy) is 2. The van der Waals surface area contributed by atoms with Crippen LogP contribution in [0.3, 0.4) is 0 Å². The summed E-state index contributed by atoms with van der Waals surface area (Å²) in [4.78, 5) is 0.0923. The Hall–Kier alpha value is -1.89. The van der Waals surface area contributed by atoms with Gasteiger partial charge in [0, 0.05) is 17.2 Å². The molecule has 2 rings (SSSR count). The van der Waals surface area contributed by atoms with Gasteiger partial charge in [0.15, 0.2) is 0 Å². The van der Waals surface area contributed by atoms with Gasteiger partial charge in [0.05, 0.1) is 36.4 Å². The molecule has 0 aliphatic carbocycles. The Labute approximate surface area is 157 Å². The molecule has 0 saturated heterocycles. The molecule has 8 heteroatoms. The van der Waals surface area contributed by atoms with Crippen LogP contribution in [0.5, 0.6) is 11.5 Å². The molecule has 0 aliphatic heterocycles. The molecule has 0 amide bonds. The van der Waals surface area contributed by atoms with Crippen LogP contribution in [-0.2, 0) is 10.0 Å². The molecular weight excluding hydrogens is 385 g/mol. The van der Waals surface area contributed by atoms with Crippen LogP contribution >= 0.6 is 23.2 Å². The molecule has 0 N–H and O–H groups in total. The third kappa shape index (κ3) is 4.03. The quantitative estimate of drug-likeness (QED) is 0.645. The van der Waals surface area contributed by atoms with Crippen LogP contribution in [0.25, 0.3) is 0 Å². The van der Waals surface area contributed by atoms with E-state index in [0.717, 1.165) is 0 Å². The number of nitrogens with zero attached hydrogens (tertiary/aromatic N) is 1. The molecule has 2 aromatic rings. The summed E-state index contributed by atoms with van der Waals surface area (Å²) in [5.74, 6) is 0.628. The van der Waals surface area contributed by atoms with Crippen LogP contribution in [0.2, 0.25) is 10.0 Å². The SMILES string of the molecule is C=CCN(c1cc(OC)c(Cl)cc1OC)S(=O)(=O)c1ccc(Cl)cc1. The summed E-state index contributed by atoms with van der Waals surface area (Å²) >= 11 is 12.0. The Bertz CT molecular complexity index is 867. The minimum atomic E-state index is -3.88. The predicted octanol–water partition coefficient (Wildman–Crippen LogP) is 4.39. The summed E-state index contributed by atoms with van der Waals surface area (Å²) < 4.78 is 37.8. The standard InChI is InChI=1S/C17H17Cl2NO4S/c1-4-9-20(25(21,22)13-7-5-12(18)6-8-13)15-11-16(23-2)14(19)10-17(15)24-3/h4-8,10-11H,1,9H2,2-3H3. The van der Waals surface area contributed by atoms with E-state index in [1.54, 1.807) is 0 Å². The lowest BCUT2D eigenvalue weighted by molar-refractivity contribution is 0.404. The minimum absolute atomic E-state index is 0.0338. The van der Waals surface area contributed by atoms with Crippen LogP contribution in [0.15, 0.2) is 53.9 Å². The van der Waals surface area contributed by atoms with Gasteiger partial charge in [0.2, 0.25) is 0 Å². The lowest BCUT2D eigenvalue weighted by Gasteiger charge is -2.25. The zero-order valence-corrected chi connectivity index (χ0v) is 16.0. The van der Waals surface area contributed by atoms with Gasteiger partial charge in [-0.15, -0.1) is 6.58 Å². The number of rotatable bonds is 7. The molecule has 0 heterocycles. The van der Waals surface area contributed by atoms with Crippen molar-refractivity contribution in [2.24, 2.45) is 0 Å². The van der Waals surface area contributed by atoms with E-state index >= 15 is 0 Å². The second-order valence-electron chi connectivity index (χ2n) is 4.94. The number of anilines is 1. The van der Waals surface area contributed by atoms with Crippen LogP contribution in [0.1, 0.15) is 0 Å². The molecule has 0 saturated carbocycles. The number of sulfonamides is 1. The largest absolute Gasteiger partial charge is 0.495 e. The summed E-state index contributed by atoms with van der Waals surface area (Å²) in [5, 5.41) is 0.755. The number of hydrogen-bond acceptors (Lipinski definition) is 4. The van der Waals surface area contributed by atoms with Crippen molar-refractivity contribution in [3.8, 4) is 11.5 Å². The van der Waals surface area contributed by atoms with Crippen LogP contribution < -0.4 is 13.8 Å². The zero-order chi connectivity index (χ0) is 18.6. The lowest BCUT2D eigenvalue weighted by atomic mass is 10.2. The molecule has 25 heavy (non-hydrogen) atoms. The van der Waals surface area contributed by atoms with Crippen molar-refractivity contribution in [3.05, 3.63) is 59.1 Å². The van der Waals surface area contributed by atoms with Crippen molar-refractivity contribution >= 4 is 38.9 Å². The maximum absolute atomic E-state index is 13.1. The van der Waals surface area contributed by atoms with Gasteiger partial charge in [0.25, 0.3) is 10.0 Å². The number of hydrogen-bond donors (Lipinski definition) is 0. The fraction of sp³-hybridized carbons (Fsp3) is 0.176. The number of methoxy groups -OCH3 is 2. The fourth-order valence-corrected chi connectivity index (χ4v) is 4.01. The Morgan fingerprint density at radius 1 is 1.08 bits per heavy atom. The van der Waals surface area contributed by atoms with Crippen molar-refractivity contribution in [1.29, 1.82) is 0 Å². The smallest absolute Gasteiger partial charge is 0.264 e. The summed E-state index contributed by atoms with van der Waals surface area (Å²) in [6.07, 6.45) is 1.48. The third-order valence-corrected chi connectivity index (χ3v) is 5.76. The van der Waals surface area contributed by atoms with E-state index in [-0.39, 0.29) is 11.4 Å². The molecule has 0 atom stereocenters. The van der Waals surface area contributed by atoms with Gasteiger partial charge in [-0.1, -0.05) is 29.3 Å². The summed E-state index contributed by atoms with van der Waals surface area (Å²) in [6, 6.07) is 8.92. The topological polar surface area (TPSA) is 55.8 Å². The molecule has 0 bridgehead atoms. The first-order valence-electron chi connectivity index (χ1n) is 7.16. The molecule has 0 radical (unpaired) electrons. The Morgan fingerprint density at radius 3 is 2.20 bits per heavy atom. The van der Waals surface area contributed by atoms with Crippen molar-refractivity contribution in [1.82, 2.24) is 0 Å². The lowest BCUT2D eigenvalue weighted by Crippen LogP contribution is -2.31. The average molecular weight is 402 g/mol.